The molecule has 0 aliphatic carbocycles. The first-order valence-corrected chi connectivity index (χ1v) is 16.8. The SMILES string of the molecule is C=C/C=C(\C=C)c1cc(-c2ccccc2)nc(N2c3cccc4c(-c5ccccn5)ccc(c34)-c3ccc4sc5ccccc5c4c32)c1. The van der Waals surface area contributed by atoms with E-state index in [1.54, 1.807) is 0 Å². The molecule has 5 aromatic carbocycles. The van der Waals surface area contributed by atoms with E-state index in [1.807, 2.05) is 54.0 Å². The van der Waals surface area contributed by atoms with Crippen LogP contribution >= 0.6 is 11.3 Å². The van der Waals surface area contributed by atoms with E-state index < -0.39 is 0 Å². The second-order valence-corrected chi connectivity index (χ2v) is 13.0. The fourth-order valence-electron chi connectivity index (χ4n) is 7.11. The van der Waals surface area contributed by atoms with Crippen LogP contribution in [0.2, 0.25) is 0 Å². The molecule has 226 valence electrons. The summed E-state index contributed by atoms with van der Waals surface area (Å²) in [6.07, 6.45) is 7.57. The normalized spacial score (nSPS) is 12.4. The summed E-state index contributed by atoms with van der Waals surface area (Å²) < 4.78 is 2.52. The molecule has 9 rings (SSSR count). The van der Waals surface area contributed by atoms with Crippen molar-refractivity contribution in [1.29, 1.82) is 0 Å². The summed E-state index contributed by atoms with van der Waals surface area (Å²) >= 11 is 1.83. The zero-order valence-electron chi connectivity index (χ0n) is 26.1. The molecular weight excluding hydrogens is 603 g/mol. The van der Waals surface area contributed by atoms with Gasteiger partial charge in [0.05, 0.1) is 22.8 Å². The summed E-state index contributed by atoms with van der Waals surface area (Å²) in [5.74, 6) is 0.841. The number of aromatic nitrogens is 2. The van der Waals surface area contributed by atoms with Gasteiger partial charge in [0.25, 0.3) is 0 Å². The van der Waals surface area contributed by atoms with Gasteiger partial charge in [0.1, 0.15) is 5.82 Å². The summed E-state index contributed by atoms with van der Waals surface area (Å²) in [5, 5.41) is 4.83. The number of hydrogen-bond donors (Lipinski definition) is 0. The molecule has 4 heterocycles. The van der Waals surface area contributed by atoms with Crippen LogP contribution in [-0.2, 0) is 0 Å². The summed E-state index contributed by atoms with van der Waals surface area (Å²) in [6.45, 7) is 8.13. The lowest BCUT2D eigenvalue weighted by molar-refractivity contribution is 1.19. The zero-order valence-corrected chi connectivity index (χ0v) is 26.9. The van der Waals surface area contributed by atoms with Crippen molar-refractivity contribution >= 4 is 65.0 Å². The highest BCUT2D eigenvalue weighted by Crippen LogP contribution is 2.56. The Morgan fingerprint density at radius 3 is 2.27 bits per heavy atom. The summed E-state index contributed by atoms with van der Waals surface area (Å²) in [4.78, 5) is 12.6. The second kappa shape index (κ2) is 11.3. The van der Waals surface area contributed by atoms with Gasteiger partial charge in [-0.1, -0.05) is 116 Å². The Morgan fingerprint density at radius 2 is 1.44 bits per heavy atom. The Morgan fingerprint density at radius 1 is 0.646 bits per heavy atom. The Balaban J connectivity index is 1.43. The van der Waals surface area contributed by atoms with E-state index in [4.69, 9.17) is 9.97 Å². The molecular formula is C44H29N3S. The van der Waals surface area contributed by atoms with Crippen molar-refractivity contribution in [3.63, 3.8) is 0 Å². The van der Waals surface area contributed by atoms with Crippen molar-refractivity contribution in [2.24, 2.45) is 0 Å². The molecule has 0 radical (unpaired) electrons. The quantitative estimate of drug-likeness (QED) is 0.171. The molecule has 1 aliphatic heterocycles. The van der Waals surface area contributed by atoms with Gasteiger partial charge in [-0.2, -0.15) is 0 Å². The highest BCUT2D eigenvalue weighted by atomic mass is 32.1. The van der Waals surface area contributed by atoms with Crippen molar-refractivity contribution in [3.05, 3.63) is 171 Å². The van der Waals surface area contributed by atoms with Crippen LogP contribution in [0.3, 0.4) is 0 Å². The lowest BCUT2D eigenvalue weighted by atomic mass is 9.87. The zero-order chi connectivity index (χ0) is 32.2. The molecule has 3 aromatic heterocycles. The van der Waals surface area contributed by atoms with Gasteiger partial charge >= 0.3 is 0 Å². The van der Waals surface area contributed by atoms with E-state index in [2.05, 4.69) is 127 Å². The number of hydrogen-bond acceptors (Lipinski definition) is 4. The van der Waals surface area contributed by atoms with Crippen molar-refractivity contribution in [2.45, 2.75) is 0 Å². The average Bonchev–Trinajstić information content (AvgIpc) is 3.54. The largest absolute Gasteiger partial charge is 0.293 e. The highest BCUT2D eigenvalue weighted by Gasteiger charge is 2.31. The maximum Gasteiger partial charge on any atom is 0.138 e. The molecule has 0 saturated heterocycles. The van der Waals surface area contributed by atoms with Crippen LogP contribution in [-0.4, -0.2) is 9.97 Å². The first kappa shape index (κ1) is 28.1. The Labute approximate surface area is 283 Å². The number of fused-ring (bicyclic) bond motifs is 6. The van der Waals surface area contributed by atoms with Crippen LogP contribution in [0.4, 0.5) is 17.2 Å². The third-order valence-corrected chi connectivity index (χ3v) is 10.3. The van der Waals surface area contributed by atoms with E-state index in [0.29, 0.717) is 0 Å². The number of nitrogens with zero attached hydrogens (tertiary/aromatic N) is 3. The predicted molar refractivity (Wildman–Crippen MR) is 205 cm³/mol. The van der Waals surface area contributed by atoms with Gasteiger partial charge in [0, 0.05) is 48.4 Å². The van der Waals surface area contributed by atoms with Crippen LogP contribution in [0.1, 0.15) is 5.56 Å². The van der Waals surface area contributed by atoms with Crippen LogP contribution < -0.4 is 4.90 Å². The van der Waals surface area contributed by atoms with E-state index in [9.17, 15) is 0 Å². The van der Waals surface area contributed by atoms with Crippen molar-refractivity contribution in [3.8, 4) is 33.6 Å². The van der Waals surface area contributed by atoms with Gasteiger partial charge in [-0.05, 0) is 64.6 Å². The number of benzene rings is 5. The molecule has 0 spiro atoms. The van der Waals surface area contributed by atoms with Gasteiger partial charge < -0.3 is 0 Å². The molecule has 0 unspecified atom stereocenters. The van der Waals surface area contributed by atoms with Crippen LogP contribution in [0.15, 0.2) is 165 Å². The minimum atomic E-state index is 0.841. The molecule has 3 nitrogen and oxygen atoms in total. The number of pyridine rings is 2. The van der Waals surface area contributed by atoms with Crippen molar-refractivity contribution in [2.75, 3.05) is 4.90 Å². The highest BCUT2D eigenvalue weighted by molar-refractivity contribution is 7.26. The third-order valence-electron chi connectivity index (χ3n) is 9.19. The lowest BCUT2D eigenvalue weighted by Gasteiger charge is -2.34. The van der Waals surface area contributed by atoms with Gasteiger partial charge in [-0.15, -0.1) is 11.3 Å². The first-order chi connectivity index (χ1) is 23.7. The van der Waals surface area contributed by atoms with Gasteiger partial charge in [0.2, 0.25) is 0 Å². The fraction of sp³-hybridized carbons (Fsp3) is 0. The number of thiophene rings is 1. The third kappa shape index (κ3) is 4.34. The Hall–Kier alpha value is -6.10. The molecule has 0 saturated carbocycles. The summed E-state index contributed by atoms with van der Waals surface area (Å²) in [5.41, 5.74) is 10.6. The Bertz CT molecular complexity index is 2600. The Kier molecular flexibility index (Phi) is 6.63. The lowest BCUT2D eigenvalue weighted by Crippen LogP contribution is -2.17. The number of anilines is 3. The van der Waals surface area contributed by atoms with Crippen molar-refractivity contribution < 1.29 is 0 Å². The molecule has 1 aliphatic rings. The number of rotatable bonds is 6. The number of allylic oxidation sites excluding steroid dienone is 4. The smallest absolute Gasteiger partial charge is 0.138 e. The first-order valence-electron chi connectivity index (χ1n) is 16.0. The van der Waals surface area contributed by atoms with E-state index >= 15 is 0 Å². The molecule has 0 atom stereocenters. The van der Waals surface area contributed by atoms with Crippen molar-refractivity contribution in [1.82, 2.24) is 9.97 Å². The predicted octanol–water partition coefficient (Wildman–Crippen LogP) is 12.5. The molecule has 0 amide bonds. The molecule has 48 heavy (non-hydrogen) atoms. The van der Waals surface area contributed by atoms with E-state index in [1.165, 1.54) is 36.7 Å². The average molecular weight is 632 g/mol. The molecule has 0 fully saturated rings. The van der Waals surface area contributed by atoms with E-state index in [0.717, 1.165) is 56.2 Å². The maximum absolute atomic E-state index is 5.44. The minimum absolute atomic E-state index is 0.841. The summed E-state index contributed by atoms with van der Waals surface area (Å²) in [6, 6.07) is 45.2. The standard InChI is InChI=1S/C44H29N3S/c1-3-13-28(4-2)30-26-37(29-14-6-5-7-15-29)46-41(27-30)47-38-19-12-17-32-31(36-18-10-11-25-45-36)21-22-33(42(32)38)34-23-24-40-43(44(34)47)35-16-8-9-20-39(35)48-40/h3-27H,1-2H2/b28-13+. The van der Waals surface area contributed by atoms with Crippen LogP contribution in [0, 0.1) is 0 Å². The maximum atomic E-state index is 5.44. The van der Waals surface area contributed by atoms with Gasteiger partial charge in [-0.3, -0.25) is 9.88 Å². The molecule has 0 bridgehead atoms. The molecule has 0 N–H and O–H groups in total. The topological polar surface area (TPSA) is 29.0 Å². The van der Waals surface area contributed by atoms with Gasteiger partial charge in [0.15, 0.2) is 0 Å². The minimum Gasteiger partial charge on any atom is -0.293 e. The monoisotopic (exact) mass is 631 g/mol. The fourth-order valence-corrected chi connectivity index (χ4v) is 8.22. The second-order valence-electron chi connectivity index (χ2n) is 11.9. The van der Waals surface area contributed by atoms with E-state index in [-0.39, 0.29) is 0 Å². The van der Waals surface area contributed by atoms with Gasteiger partial charge in [-0.25, -0.2) is 4.98 Å². The van der Waals surface area contributed by atoms with Crippen LogP contribution in [0.25, 0.3) is 70.2 Å². The van der Waals surface area contributed by atoms with Crippen LogP contribution in [0.5, 0.6) is 0 Å². The molecule has 8 aromatic rings. The molecule has 4 heteroatoms. The summed E-state index contributed by atoms with van der Waals surface area (Å²) in [7, 11) is 0.